The molecule has 106 valence electrons. The highest BCUT2D eigenvalue weighted by Crippen LogP contribution is 2.29. The summed E-state index contributed by atoms with van der Waals surface area (Å²) in [5.41, 5.74) is 0.703. The first kappa shape index (κ1) is 14.1. The van der Waals surface area contributed by atoms with E-state index in [1.807, 2.05) is 0 Å². The van der Waals surface area contributed by atoms with Gasteiger partial charge in [-0.05, 0) is 6.92 Å². The van der Waals surface area contributed by atoms with Crippen molar-refractivity contribution < 1.29 is 18.3 Å². The van der Waals surface area contributed by atoms with Crippen LogP contribution in [0.2, 0.25) is 0 Å². The molecule has 0 aliphatic carbocycles. The summed E-state index contributed by atoms with van der Waals surface area (Å²) in [6.45, 7) is 2.71. The van der Waals surface area contributed by atoms with Crippen LogP contribution in [0.3, 0.4) is 0 Å². The molecule has 0 bridgehead atoms. The van der Waals surface area contributed by atoms with Gasteiger partial charge < -0.3 is 4.74 Å². The number of benzene rings is 1. The Morgan fingerprint density at radius 3 is 2.50 bits per heavy atom. The fourth-order valence-electron chi connectivity index (χ4n) is 1.69. The van der Waals surface area contributed by atoms with Gasteiger partial charge in [-0.1, -0.05) is 24.3 Å². The predicted octanol–water partition coefficient (Wildman–Crippen LogP) is 2.76. The van der Waals surface area contributed by atoms with E-state index in [9.17, 15) is 13.6 Å². The molecule has 2 aromatic rings. The quantitative estimate of drug-likeness (QED) is 0.875. The van der Waals surface area contributed by atoms with Crippen LogP contribution in [0.15, 0.2) is 24.3 Å². The Morgan fingerprint density at radius 1 is 1.30 bits per heavy atom. The van der Waals surface area contributed by atoms with Crippen LogP contribution < -0.4 is 0 Å². The molecule has 1 aromatic heterocycles. The highest BCUT2D eigenvalue weighted by Gasteiger charge is 2.25. The number of halogens is 2. The minimum Gasteiger partial charge on any atom is -0.461 e. The summed E-state index contributed by atoms with van der Waals surface area (Å²) in [5, 5.41) is 9.91. The topological polar surface area (TPSA) is 67.9 Å². The van der Waals surface area contributed by atoms with Crippen LogP contribution in [-0.2, 0) is 10.7 Å². The fourth-order valence-corrected chi connectivity index (χ4v) is 1.69. The summed E-state index contributed by atoms with van der Waals surface area (Å²) in [4.78, 5) is 11.7. The van der Waals surface area contributed by atoms with Gasteiger partial charge in [0.05, 0.1) is 6.61 Å². The summed E-state index contributed by atoms with van der Waals surface area (Å²) < 4.78 is 31.1. The van der Waals surface area contributed by atoms with Gasteiger partial charge in [-0.25, -0.2) is 13.6 Å². The van der Waals surface area contributed by atoms with Crippen molar-refractivity contribution in [3.8, 4) is 11.3 Å². The lowest BCUT2D eigenvalue weighted by Gasteiger charge is -2.10. The third-order valence-corrected chi connectivity index (χ3v) is 2.68. The number of nitrogens with zero attached hydrogens (tertiary/aromatic N) is 2. The monoisotopic (exact) mass is 281 g/mol. The number of rotatable bonds is 4. The molecule has 0 aliphatic heterocycles. The maximum atomic E-state index is 13.1. The van der Waals surface area contributed by atoms with Crippen molar-refractivity contribution in [3.63, 3.8) is 0 Å². The Balaban J connectivity index is 2.33. The van der Waals surface area contributed by atoms with Gasteiger partial charge in [-0.3, -0.25) is 0 Å². The molecule has 0 saturated heterocycles. The third kappa shape index (κ3) is 2.81. The lowest BCUT2D eigenvalue weighted by molar-refractivity contribution is 0.0174. The molecule has 0 fully saturated rings. The summed E-state index contributed by atoms with van der Waals surface area (Å²) >= 11 is 0. The third-order valence-electron chi connectivity index (χ3n) is 2.68. The van der Waals surface area contributed by atoms with Gasteiger partial charge in [0.15, 0.2) is 5.69 Å². The SMILES string of the molecule is CCOC(=O)c1n[nH]nc1-c1ccc(C(C)(F)F)cc1. The van der Waals surface area contributed by atoms with E-state index >= 15 is 0 Å². The average molecular weight is 281 g/mol. The van der Waals surface area contributed by atoms with Gasteiger partial charge in [0.2, 0.25) is 0 Å². The molecular weight excluding hydrogens is 268 g/mol. The maximum absolute atomic E-state index is 13.1. The molecule has 2 rings (SSSR count). The second-order valence-electron chi connectivity index (χ2n) is 4.21. The van der Waals surface area contributed by atoms with Gasteiger partial charge in [0, 0.05) is 18.1 Å². The molecule has 5 nitrogen and oxygen atoms in total. The molecule has 0 atom stereocenters. The van der Waals surface area contributed by atoms with Crippen molar-refractivity contribution in [1.82, 2.24) is 15.4 Å². The molecule has 1 aromatic carbocycles. The minimum absolute atomic E-state index is 0.0304. The number of ether oxygens (including phenoxy) is 1. The number of esters is 1. The normalized spacial score (nSPS) is 11.4. The summed E-state index contributed by atoms with van der Waals surface area (Å²) in [5.74, 6) is -3.52. The van der Waals surface area contributed by atoms with E-state index in [2.05, 4.69) is 15.4 Å². The zero-order valence-electron chi connectivity index (χ0n) is 11.0. The minimum atomic E-state index is -2.91. The van der Waals surface area contributed by atoms with Crippen molar-refractivity contribution >= 4 is 5.97 Å². The first-order chi connectivity index (χ1) is 9.43. The number of hydrogen-bond donors (Lipinski definition) is 1. The zero-order valence-corrected chi connectivity index (χ0v) is 11.0. The van der Waals surface area contributed by atoms with E-state index in [1.165, 1.54) is 24.3 Å². The second kappa shape index (κ2) is 5.36. The number of aromatic nitrogens is 3. The van der Waals surface area contributed by atoms with Crippen LogP contribution in [0.25, 0.3) is 11.3 Å². The highest BCUT2D eigenvalue weighted by atomic mass is 19.3. The van der Waals surface area contributed by atoms with Gasteiger partial charge in [0.1, 0.15) is 5.69 Å². The molecule has 1 N–H and O–H groups in total. The fraction of sp³-hybridized carbons (Fsp3) is 0.308. The molecule has 1 heterocycles. The molecular formula is C13H13F2N3O2. The Hall–Kier alpha value is -2.31. The maximum Gasteiger partial charge on any atom is 0.361 e. The van der Waals surface area contributed by atoms with Crippen LogP contribution in [0.1, 0.15) is 29.9 Å². The molecule has 0 spiro atoms. The lowest BCUT2D eigenvalue weighted by Crippen LogP contribution is -2.08. The number of nitrogens with one attached hydrogen (secondary N) is 1. The number of H-pyrrole nitrogens is 1. The van der Waals surface area contributed by atoms with Crippen LogP contribution in [0.5, 0.6) is 0 Å². The van der Waals surface area contributed by atoms with Crippen molar-refractivity contribution in [2.24, 2.45) is 0 Å². The molecule has 0 unspecified atom stereocenters. The van der Waals surface area contributed by atoms with Crippen LogP contribution in [0, 0.1) is 0 Å². The summed E-state index contributed by atoms with van der Waals surface area (Å²) in [6.07, 6.45) is 0. The van der Waals surface area contributed by atoms with Gasteiger partial charge in [0.25, 0.3) is 5.92 Å². The Morgan fingerprint density at radius 2 is 1.95 bits per heavy atom. The van der Waals surface area contributed by atoms with E-state index in [-0.39, 0.29) is 23.6 Å². The standard InChI is InChI=1S/C13H13F2N3O2/c1-3-20-12(19)11-10(16-18-17-11)8-4-6-9(7-5-8)13(2,14)15/h4-7H,3H2,1-2H3,(H,16,17,18). The largest absolute Gasteiger partial charge is 0.461 e. The van der Waals surface area contributed by atoms with E-state index in [0.29, 0.717) is 5.56 Å². The average Bonchev–Trinajstić information content (AvgIpc) is 2.87. The van der Waals surface area contributed by atoms with E-state index in [0.717, 1.165) is 6.92 Å². The van der Waals surface area contributed by atoms with Crippen LogP contribution in [0.4, 0.5) is 8.78 Å². The first-order valence-corrected chi connectivity index (χ1v) is 6.00. The number of aromatic amines is 1. The Labute approximate surface area is 114 Å². The van der Waals surface area contributed by atoms with E-state index < -0.39 is 11.9 Å². The zero-order chi connectivity index (χ0) is 14.8. The summed E-state index contributed by atoms with van der Waals surface area (Å²) in [6, 6.07) is 5.51. The van der Waals surface area contributed by atoms with Crippen LogP contribution in [-0.4, -0.2) is 28.0 Å². The van der Waals surface area contributed by atoms with Gasteiger partial charge >= 0.3 is 5.97 Å². The number of alkyl halides is 2. The predicted molar refractivity (Wildman–Crippen MR) is 67.3 cm³/mol. The van der Waals surface area contributed by atoms with Crippen molar-refractivity contribution in [1.29, 1.82) is 0 Å². The van der Waals surface area contributed by atoms with Crippen molar-refractivity contribution in [2.75, 3.05) is 6.61 Å². The van der Waals surface area contributed by atoms with Gasteiger partial charge in [-0.15, -0.1) is 5.10 Å². The van der Waals surface area contributed by atoms with E-state index in [1.54, 1.807) is 6.92 Å². The molecule has 0 amide bonds. The van der Waals surface area contributed by atoms with Crippen molar-refractivity contribution in [3.05, 3.63) is 35.5 Å². The first-order valence-electron chi connectivity index (χ1n) is 6.00. The van der Waals surface area contributed by atoms with E-state index in [4.69, 9.17) is 4.74 Å². The molecule has 20 heavy (non-hydrogen) atoms. The number of hydrogen-bond acceptors (Lipinski definition) is 4. The molecule has 7 heteroatoms. The smallest absolute Gasteiger partial charge is 0.361 e. The molecule has 0 saturated carbocycles. The van der Waals surface area contributed by atoms with Crippen molar-refractivity contribution in [2.45, 2.75) is 19.8 Å². The second-order valence-corrected chi connectivity index (χ2v) is 4.21. The van der Waals surface area contributed by atoms with Gasteiger partial charge in [-0.2, -0.15) is 10.3 Å². The van der Waals surface area contributed by atoms with Crippen LogP contribution >= 0.6 is 0 Å². The molecule has 0 radical (unpaired) electrons. The Bertz CT molecular complexity index is 603. The summed E-state index contributed by atoms with van der Waals surface area (Å²) in [7, 11) is 0. The lowest BCUT2D eigenvalue weighted by atomic mass is 10.0. The highest BCUT2D eigenvalue weighted by molar-refractivity contribution is 5.93. The number of carbonyl (C=O) groups is 1. The number of carbonyl (C=O) groups excluding carboxylic acids is 1. The molecule has 0 aliphatic rings. The Kier molecular flexibility index (Phi) is 3.78.